The van der Waals surface area contributed by atoms with Crippen LogP contribution in [0.4, 0.5) is 4.39 Å². The average molecular weight is 213 g/mol. The van der Waals surface area contributed by atoms with Gasteiger partial charge in [0.1, 0.15) is 0 Å². The van der Waals surface area contributed by atoms with Crippen LogP contribution in [0.25, 0.3) is 0 Å². The number of rotatable bonds is 5. The van der Waals surface area contributed by atoms with Crippen molar-refractivity contribution in [1.82, 2.24) is 0 Å². The minimum absolute atomic E-state index is 0.0495. The number of carboxylic acids is 1. The average Bonchev–Trinajstić information content (AvgIpc) is 2.20. The molecule has 0 bridgehead atoms. The highest BCUT2D eigenvalue weighted by Crippen LogP contribution is 2.18. The molecule has 0 unspecified atom stereocenters. The number of halogens is 1. The zero-order valence-corrected chi connectivity index (χ0v) is 8.07. The van der Waals surface area contributed by atoms with E-state index in [0.29, 0.717) is 19.6 Å². The number of carbonyl (C=O) groups is 1. The first-order valence-corrected chi connectivity index (χ1v) is 4.51. The summed E-state index contributed by atoms with van der Waals surface area (Å²) in [5.41, 5.74) is 5.14. The molecule has 82 valence electrons. The van der Waals surface area contributed by atoms with Gasteiger partial charge in [-0.3, -0.25) is 0 Å². The van der Waals surface area contributed by atoms with E-state index in [1.807, 2.05) is 0 Å². The molecule has 4 nitrogen and oxygen atoms in total. The quantitative estimate of drug-likeness (QED) is 0.722. The zero-order chi connectivity index (χ0) is 11.3. The summed E-state index contributed by atoms with van der Waals surface area (Å²) in [5, 5.41) is 8.59. The molecule has 0 aliphatic rings. The second-order valence-corrected chi connectivity index (χ2v) is 2.94. The first-order valence-electron chi connectivity index (χ1n) is 4.51. The summed E-state index contributed by atoms with van der Waals surface area (Å²) in [6.07, 6.45) is 0.625. The maximum Gasteiger partial charge on any atom is 0.335 e. The Hall–Kier alpha value is -1.62. The number of carboxylic acid groups (broad SMARTS) is 1. The van der Waals surface area contributed by atoms with Crippen LogP contribution in [-0.4, -0.2) is 24.2 Å². The Morgan fingerprint density at radius 1 is 1.53 bits per heavy atom. The molecule has 0 saturated carbocycles. The highest BCUT2D eigenvalue weighted by Gasteiger charge is 2.08. The lowest BCUT2D eigenvalue weighted by Crippen LogP contribution is -2.07. The molecule has 1 aromatic rings. The van der Waals surface area contributed by atoms with Crippen molar-refractivity contribution in [3.8, 4) is 5.75 Å². The first-order chi connectivity index (χ1) is 7.15. The number of nitrogens with two attached hydrogens (primary N) is 1. The second-order valence-electron chi connectivity index (χ2n) is 2.94. The Morgan fingerprint density at radius 3 is 2.80 bits per heavy atom. The molecule has 1 rings (SSSR count). The van der Waals surface area contributed by atoms with E-state index in [4.69, 9.17) is 15.6 Å². The van der Waals surface area contributed by atoms with Crippen LogP contribution in [0.3, 0.4) is 0 Å². The second kappa shape index (κ2) is 5.31. The normalized spacial score (nSPS) is 10.0. The van der Waals surface area contributed by atoms with Crippen LogP contribution in [0.1, 0.15) is 16.8 Å². The summed E-state index contributed by atoms with van der Waals surface area (Å²) >= 11 is 0. The van der Waals surface area contributed by atoms with Gasteiger partial charge in [0, 0.05) is 0 Å². The van der Waals surface area contributed by atoms with Gasteiger partial charge in [-0.1, -0.05) is 0 Å². The SMILES string of the molecule is NCCCOc1ccc(C(=O)O)cc1F. The van der Waals surface area contributed by atoms with Crippen molar-refractivity contribution in [2.45, 2.75) is 6.42 Å². The fourth-order valence-corrected chi connectivity index (χ4v) is 1.02. The standard InChI is InChI=1S/C10H12FNO3/c11-8-6-7(10(13)14)2-3-9(8)15-5-1-4-12/h2-3,6H,1,4-5,12H2,(H,13,14). The summed E-state index contributed by atoms with van der Waals surface area (Å²) in [4.78, 5) is 10.5. The van der Waals surface area contributed by atoms with Crippen LogP contribution >= 0.6 is 0 Å². The molecular formula is C10H12FNO3. The van der Waals surface area contributed by atoms with Gasteiger partial charge in [-0.25, -0.2) is 9.18 Å². The van der Waals surface area contributed by atoms with E-state index in [-0.39, 0.29) is 11.3 Å². The van der Waals surface area contributed by atoms with Crippen molar-refractivity contribution in [3.05, 3.63) is 29.6 Å². The largest absolute Gasteiger partial charge is 0.490 e. The summed E-state index contributed by atoms with van der Waals surface area (Å²) in [6.45, 7) is 0.786. The Labute approximate surface area is 86.5 Å². The molecule has 0 heterocycles. The third kappa shape index (κ3) is 3.21. The lowest BCUT2D eigenvalue weighted by Gasteiger charge is -2.06. The molecule has 0 atom stereocenters. The summed E-state index contributed by atoms with van der Waals surface area (Å²) in [5.74, 6) is -1.79. The Balaban J connectivity index is 2.70. The van der Waals surface area contributed by atoms with Crippen LogP contribution in [0.5, 0.6) is 5.75 Å². The molecule has 0 radical (unpaired) electrons. The fraction of sp³-hybridized carbons (Fsp3) is 0.300. The van der Waals surface area contributed by atoms with Crippen LogP contribution in [0.15, 0.2) is 18.2 Å². The van der Waals surface area contributed by atoms with Crippen LogP contribution in [-0.2, 0) is 0 Å². The lowest BCUT2D eigenvalue weighted by molar-refractivity contribution is 0.0696. The number of hydrogen-bond donors (Lipinski definition) is 2. The summed E-state index contributed by atoms with van der Waals surface area (Å²) in [7, 11) is 0. The molecule has 1 aromatic carbocycles. The monoisotopic (exact) mass is 213 g/mol. The van der Waals surface area contributed by atoms with Gasteiger partial charge in [0.2, 0.25) is 0 Å². The van der Waals surface area contributed by atoms with Gasteiger partial charge in [-0.2, -0.15) is 0 Å². The zero-order valence-electron chi connectivity index (χ0n) is 8.07. The number of ether oxygens (including phenoxy) is 1. The molecule has 5 heteroatoms. The van der Waals surface area contributed by atoms with Crippen molar-refractivity contribution in [2.75, 3.05) is 13.2 Å². The number of aromatic carboxylic acids is 1. The minimum Gasteiger partial charge on any atom is -0.490 e. The molecule has 3 N–H and O–H groups in total. The topological polar surface area (TPSA) is 72.5 Å². The van der Waals surface area contributed by atoms with E-state index < -0.39 is 11.8 Å². The smallest absolute Gasteiger partial charge is 0.335 e. The molecule has 0 saturated heterocycles. The van der Waals surface area contributed by atoms with Gasteiger partial charge in [0.25, 0.3) is 0 Å². The van der Waals surface area contributed by atoms with Gasteiger partial charge in [0.05, 0.1) is 12.2 Å². The highest BCUT2D eigenvalue weighted by atomic mass is 19.1. The van der Waals surface area contributed by atoms with Crippen molar-refractivity contribution in [2.24, 2.45) is 5.73 Å². The van der Waals surface area contributed by atoms with E-state index in [1.165, 1.54) is 12.1 Å². The van der Waals surface area contributed by atoms with Crippen LogP contribution in [0.2, 0.25) is 0 Å². The maximum atomic E-state index is 13.2. The molecule has 0 aromatic heterocycles. The molecule has 0 aliphatic heterocycles. The Bertz CT molecular complexity index is 355. The van der Waals surface area contributed by atoms with Gasteiger partial charge in [-0.05, 0) is 31.2 Å². The molecular weight excluding hydrogens is 201 g/mol. The van der Waals surface area contributed by atoms with Crippen molar-refractivity contribution >= 4 is 5.97 Å². The van der Waals surface area contributed by atoms with E-state index in [2.05, 4.69) is 0 Å². The molecule has 0 aliphatic carbocycles. The first kappa shape index (κ1) is 11.5. The van der Waals surface area contributed by atoms with Crippen molar-refractivity contribution in [1.29, 1.82) is 0 Å². The van der Waals surface area contributed by atoms with E-state index in [0.717, 1.165) is 6.07 Å². The van der Waals surface area contributed by atoms with Gasteiger partial charge >= 0.3 is 5.97 Å². The maximum absolute atomic E-state index is 13.2. The van der Waals surface area contributed by atoms with E-state index >= 15 is 0 Å². The Kier molecular flexibility index (Phi) is 4.05. The van der Waals surface area contributed by atoms with Crippen molar-refractivity contribution in [3.63, 3.8) is 0 Å². The molecule has 0 amide bonds. The third-order valence-corrected chi connectivity index (χ3v) is 1.78. The molecule has 0 spiro atoms. The molecule has 0 fully saturated rings. The van der Waals surface area contributed by atoms with Gasteiger partial charge in [0.15, 0.2) is 11.6 Å². The third-order valence-electron chi connectivity index (χ3n) is 1.78. The highest BCUT2D eigenvalue weighted by molar-refractivity contribution is 5.87. The summed E-state index contributed by atoms with van der Waals surface area (Å²) in [6, 6.07) is 3.53. The number of benzene rings is 1. The number of hydrogen-bond acceptors (Lipinski definition) is 3. The minimum atomic E-state index is -1.16. The predicted octanol–water partition coefficient (Wildman–Crippen LogP) is 1.25. The Morgan fingerprint density at radius 2 is 2.27 bits per heavy atom. The van der Waals surface area contributed by atoms with E-state index in [9.17, 15) is 9.18 Å². The van der Waals surface area contributed by atoms with Crippen LogP contribution in [0, 0.1) is 5.82 Å². The van der Waals surface area contributed by atoms with Crippen molar-refractivity contribution < 1.29 is 19.0 Å². The van der Waals surface area contributed by atoms with Gasteiger partial charge < -0.3 is 15.6 Å². The fourth-order valence-electron chi connectivity index (χ4n) is 1.02. The van der Waals surface area contributed by atoms with E-state index in [1.54, 1.807) is 0 Å². The predicted molar refractivity (Wildman–Crippen MR) is 52.5 cm³/mol. The lowest BCUT2D eigenvalue weighted by atomic mass is 10.2. The molecule has 15 heavy (non-hydrogen) atoms. The summed E-state index contributed by atoms with van der Waals surface area (Å²) < 4.78 is 18.3. The van der Waals surface area contributed by atoms with Gasteiger partial charge in [-0.15, -0.1) is 0 Å². The van der Waals surface area contributed by atoms with Crippen LogP contribution < -0.4 is 10.5 Å².